The van der Waals surface area contributed by atoms with Crippen LogP contribution in [-0.4, -0.2) is 21.6 Å². The van der Waals surface area contributed by atoms with Crippen molar-refractivity contribution >= 4 is 0 Å². The summed E-state index contributed by atoms with van der Waals surface area (Å²) in [6, 6.07) is 17.4. The van der Waals surface area contributed by atoms with Crippen LogP contribution in [0.5, 0.6) is 0 Å². The zero-order chi connectivity index (χ0) is 17.2. The van der Waals surface area contributed by atoms with E-state index in [1.807, 2.05) is 54.6 Å². The highest BCUT2D eigenvalue weighted by Gasteiger charge is 2.30. The fourth-order valence-electron chi connectivity index (χ4n) is 3.42. The molecule has 0 spiro atoms. The van der Waals surface area contributed by atoms with E-state index >= 15 is 0 Å². The van der Waals surface area contributed by atoms with Gasteiger partial charge in [-0.25, -0.2) is 4.39 Å². The summed E-state index contributed by atoms with van der Waals surface area (Å²) >= 11 is 0. The van der Waals surface area contributed by atoms with E-state index in [0.717, 1.165) is 29.5 Å². The largest absolute Gasteiger partial charge is 0.301 e. The number of likely N-dealkylation sites (tertiary alicyclic amines) is 1. The molecule has 1 saturated heterocycles. The van der Waals surface area contributed by atoms with Crippen LogP contribution in [0.3, 0.4) is 0 Å². The van der Waals surface area contributed by atoms with E-state index in [0.29, 0.717) is 17.9 Å². The second-order valence-corrected chi connectivity index (χ2v) is 6.20. The van der Waals surface area contributed by atoms with Gasteiger partial charge in [0.2, 0.25) is 0 Å². The number of hydrogen-bond acceptors (Lipinski definition) is 3. The Hall–Kier alpha value is -3.13. The Morgan fingerprint density at radius 2 is 1.84 bits per heavy atom. The maximum atomic E-state index is 15.0. The van der Waals surface area contributed by atoms with Crippen LogP contribution in [0.25, 0.3) is 22.4 Å². The molecule has 1 aliphatic heterocycles. The molecule has 4 nitrogen and oxygen atoms in total. The first-order chi connectivity index (χ1) is 12.3. The number of aromatic amines is 1. The second kappa shape index (κ2) is 6.40. The molecule has 124 valence electrons. The van der Waals surface area contributed by atoms with E-state index in [9.17, 15) is 9.65 Å². The van der Waals surface area contributed by atoms with Gasteiger partial charge in [0, 0.05) is 12.1 Å². The fraction of sp³-hybridized carbons (Fsp3) is 0.200. The molecule has 1 unspecified atom stereocenters. The van der Waals surface area contributed by atoms with Gasteiger partial charge in [0.25, 0.3) is 0 Å². The lowest BCUT2D eigenvalue weighted by Gasteiger charge is -2.16. The van der Waals surface area contributed by atoms with Crippen LogP contribution in [0, 0.1) is 17.3 Å². The Kier molecular flexibility index (Phi) is 3.95. The van der Waals surface area contributed by atoms with Gasteiger partial charge in [-0.3, -0.25) is 5.10 Å². The number of rotatable bonds is 3. The second-order valence-electron chi connectivity index (χ2n) is 6.20. The van der Waals surface area contributed by atoms with Gasteiger partial charge in [0.1, 0.15) is 5.69 Å². The summed E-state index contributed by atoms with van der Waals surface area (Å²) in [7, 11) is 0. The van der Waals surface area contributed by atoms with Crippen molar-refractivity contribution in [2.75, 3.05) is 6.54 Å². The van der Waals surface area contributed by atoms with Gasteiger partial charge in [0.05, 0.1) is 11.7 Å². The Morgan fingerprint density at radius 3 is 2.64 bits per heavy atom. The molecule has 2 aromatic carbocycles. The number of nitriles is 1. The third-order valence-corrected chi connectivity index (χ3v) is 4.69. The number of halogens is 1. The predicted molar refractivity (Wildman–Crippen MR) is 93.7 cm³/mol. The maximum absolute atomic E-state index is 15.0. The smallest absolute Gasteiger partial charge is 0.179 e. The van der Waals surface area contributed by atoms with Gasteiger partial charge in [-0.05, 0) is 30.0 Å². The van der Waals surface area contributed by atoms with Crippen molar-refractivity contribution in [2.24, 2.45) is 0 Å². The first kappa shape index (κ1) is 15.4. The van der Waals surface area contributed by atoms with Crippen molar-refractivity contribution < 1.29 is 4.39 Å². The summed E-state index contributed by atoms with van der Waals surface area (Å²) in [5.74, 6) is -0.364. The quantitative estimate of drug-likeness (QED) is 0.718. The molecular formula is C20H17FN4. The number of benzene rings is 2. The lowest BCUT2D eigenvalue weighted by molar-refractivity contribution is 0.357. The Labute approximate surface area is 145 Å². The van der Waals surface area contributed by atoms with Crippen molar-refractivity contribution in [3.8, 4) is 28.6 Å². The minimum atomic E-state index is -0.364. The number of nitrogens with zero attached hydrogens (tertiary/aromatic N) is 3. The molecule has 0 amide bonds. The van der Waals surface area contributed by atoms with Crippen LogP contribution in [0.2, 0.25) is 0 Å². The number of H-pyrrole nitrogens is 1. The number of hydrogen-bond donors (Lipinski definition) is 1. The monoisotopic (exact) mass is 332 g/mol. The van der Waals surface area contributed by atoms with Crippen molar-refractivity contribution in [3.05, 3.63) is 66.1 Å². The first-order valence-electron chi connectivity index (χ1n) is 8.34. The molecule has 1 aliphatic rings. The molecule has 2 heterocycles. The Morgan fingerprint density at radius 1 is 1.08 bits per heavy atom. The first-order valence-corrected chi connectivity index (χ1v) is 8.34. The lowest BCUT2D eigenvalue weighted by atomic mass is 10.0. The maximum Gasteiger partial charge on any atom is 0.179 e. The summed E-state index contributed by atoms with van der Waals surface area (Å²) in [5.41, 5.74) is 3.52. The van der Waals surface area contributed by atoms with E-state index in [4.69, 9.17) is 0 Å². The SMILES string of the molecule is N#CN1CCCC1c1[nH]nc(-c2cccc(-c3ccccc3)c2)c1F. The highest BCUT2D eigenvalue weighted by Crippen LogP contribution is 2.35. The fourth-order valence-corrected chi connectivity index (χ4v) is 3.42. The van der Waals surface area contributed by atoms with Gasteiger partial charge in [0.15, 0.2) is 12.0 Å². The van der Waals surface area contributed by atoms with Gasteiger partial charge in [-0.15, -0.1) is 0 Å². The van der Waals surface area contributed by atoms with E-state index in [2.05, 4.69) is 16.4 Å². The zero-order valence-corrected chi connectivity index (χ0v) is 13.6. The van der Waals surface area contributed by atoms with E-state index in [1.165, 1.54) is 0 Å². The lowest BCUT2D eigenvalue weighted by Crippen LogP contribution is -2.18. The third-order valence-electron chi connectivity index (χ3n) is 4.69. The Bertz CT molecular complexity index is 926. The van der Waals surface area contributed by atoms with Crippen LogP contribution in [0.15, 0.2) is 54.6 Å². The van der Waals surface area contributed by atoms with E-state index in [-0.39, 0.29) is 11.9 Å². The number of nitrogens with one attached hydrogen (secondary N) is 1. The summed E-state index contributed by atoms with van der Waals surface area (Å²) in [6.07, 6.45) is 3.78. The van der Waals surface area contributed by atoms with Crippen molar-refractivity contribution in [2.45, 2.75) is 18.9 Å². The summed E-state index contributed by atoms with van der Waals surface area (Å²) < 4.78 is 15.0. The summed E-state index contributed by atoms with van der Waals surface area (Å²) in [5, 5.41) is 16.2. The molecule has 1 aromatic heterocycles. The molecule has 3 aromatic rings. The average molecular weight is 332 g/mol. The molecule has 0 radical (unpaired) electrons. The van der Waals surface area contributed by atoms with Gasteiger partial charge < -0.3 is 4.90 Å². The molecule has 1 N–H and O–H groups in total. The van der Waals surface area contributed by atoms with Crippen molar-refractivity contribution in [3.63, 3.8) is 0 Å². The van der Waals surface area contributed by atoms with E-state index < -0.39 is 0 Å². The highest BCUT2D eigenvalue weighted by molar-refractivity contribution is 5.71. The van der Waals surface area contributed by atoms with Crippen molar-refractivity contribution in [1.29, 1.82) is 5.26 Å². The molecule has 1 fully saturated rings. The van der Waals surface area contributed by atoms with Crippen LogP contribution in [0.1, 0.15) is 24.6 Å². The summed E-state index contributed by atoms with van der Waals surface area (Å²) in [6.45, 7) is 0.665. The minimum Gasteiger partial charge on any atom is -0.301 e. The molecule has 1 atom stereocenters. The molecule has 0 saturated carbocycles. The normalized spacial score (nSPS) is 16.8. The number of aromatic nitrogens is 2. The Balaban J connectivity index is 1.71. The average Bonchev–Trinajstić information content (AvgIpc) is 3.28. The molecule has 5 heteroatoms. The van der Waals surface area contributed by atoms with Gasteiger partial charge >= 0.3 is 0 Å². The molecule has 0 bridgehead atoms. The zero-order valence-electron chi connectivity index (χ0n) is 13.6. The van der Waals surface area contributed by atoms with Gasteiger partial charge in [-0.2, -0.15) is 10.4 Å². The molecule has 4 rings (SSSR count). The van der Waals surface area contributed by atoms with E-state index in [1.54, 1.807) is 4.90 Å². The predicted octanol–water partition coefficient (Wildman–Crippen LogP) is 4.50. The van der Waals surface area contributed by atoms with Crippen LogP contribution in [-0.2, 0) is 0 Å². The van der Waals surface area contributed by atoms with Crippen LogP contribution >= 0.6 is 0 Å². The van der Waals surface area contributed by atoms with Crippen LogP contribution in [0.4, 0.5) is 4.39 Å². The van der Waals surface area contributed by atoms with Crippen molar-refractivity contribution in [1.82, 2.24) is 15.1 Å². The molecular weight excluding hydrogens is 315 g/mol. The molecule has 0 aliphatic carbocycles. The topological polar surface area (TPSA) is 55.7 Å². The molecule has 25 heavy (non-hydrogen) atoms. The van der Waals surface area contributed by atoms with Gasteiger partial charge in [-0.1, -0.05) is 48.5 Å². The third kappa shape index (κ3) is 2.76. The summed E-state index contributed by atoms with van der Waals surface area (Å²) in [4.78, 5) is 1.61. The van der Waals surface area contributed by atoms with Crippen LogP contribution < -0.4 is 0 Å². The standard InChI is InChI=1S/C20H17FN4/c21-18-19(23-24-20(18)17-10-5-11-25(17)13-22)16-9-4-8-15(12-16)14-6-2-1-3-7-14/h1-4,6-9,12,17H,5,10-11H2,(H,23,24). The highest BCUT2D eigenvalue weighted by atomic mass is 19.1. The minimum absolute atomic E-state index is 0.247.